The van der Waals surface area contributed by atoms with Gasteiger partial charge in [-0.1, -0.05) is 18.2 Å². The summed E-state index contributed by atoms with van der Waals surface area (Å²) in [6, 6.07) is 11.6. The van der Waals surface area contributed by atoms with Gasteiger partial charge < -0.3 is 4.90 Å². The molecule has 0 aliphatic carbocycles. The number of nitriles is 2. The first-order valence-electron chi connectivity index (χ1n) is 4.46. The van der Waals surface area contributed by atoms with Gasteiger partial charge in [0.2, 0.25) is 0 Å². The molecule has 0 spiro atoms. The summed E-state index contributed by atoms with van der Waals surface area (Å²) in [5.41, 5.74) is 1.79. The Bertz CT molecular complexity index is 387. The van der Waals surface area contributed by atoms with Gasteiger partial charge in [0.1, 0.15) is 13.1 Å². The maximum atomic E-state index is 8.65. The van der Waals surface area contributed by atoms with Crippen LogP contribution < -0.4 is 4.90 Å². The van der Waals surface area contributed by atoms with Gasteiger partial charge in [-0.3, -0.25) is 0 Å². The standard InChI is InChI=1S/C11H10ClN3/c12-9-10-3-1-2-4-11(10)15(7-5-13)8-6-14/h1-4H,7-9H2. The molecule has 15 heavy (non-hydrogen) atoms. The summed E-state index contributed by atoms with van der Waals surface area (Å²) in [5, 5.41) is 17.3. The Morgan fingerprint density at radius 1 is 1.13 bits per heavy atom. The Labute approximate surface area is 94.1 Å². The summed E-state index contributed by atoms with van der Waals surface area (Å²) in [7, 11) is 0. The number of hydrogen-bond acceptors (Lipinski definition) is 3. The molecule has 0 aliphatic rings. The lowest BCUT2D eigenvalue weighted by Crippen LogP contribution is -2.24. The number of nitrogens with zero attached hydrogens (tertiary/aromatic N) is 3. The number of rotatable bonds is 4. The molecule has 0 atom stereocenters. The minimum atomic E-state index is 0.196. The van der Waals surface area contributed by atoms with Gasteiger partial charge >= 0.3 is 0 Å². The van der Waals surface area contributed by atoms with Gasteiger partial charge in [0.25, 0.3) is 0 Å². The van der Waals surface area contributed by atoms with Gasteiger partial charge in [-0.05, 0) is 11.6 Å². The van der Waals surface area contributed by atoms with Crippen molar-refractivity contribution in [3.8, 4) is 12.1 Å². The van der Waals surface area contributed by atoms with E-state index in [0.29, 0.717) is 5.88 Å². The monoisotopic (exact) mass is 219 g/mol. The molecule has 1 aromatic rings. The first-order chi connectivity index (χ1) is 7.33. The first-order valence-corrected chi connectivity index (χ1v) is 4.99. The number of para-hydroxylation sites is 1. The van der Waals surface area contributed by atoms with Crippen molar-refractivity contribution in [1.29, 1.82) is 10.5 Å². The summed E-state index contributed by atoms with van der Waals surface area (Å²) < 4.78 is 0. The highest BCUT2D eigenvalue weighted by Gasteiger charge is 2.08. The van der Waals surface area contributed by atoms with Gasteiger partial charge in [0, 0.05) is 11.6 Å². The molecule has 0 unspecified atom stereocenters. The minimum absolute atomic E-state index is 0.196. The van der Waals surface area contributed by atoms with Crippen molar-refractivity contribution in [2.24, 2.45) is 0 Å². The minimum Gasteiger partial charge on any atom is -0.345 e. The van der Waals surface area contributed by atoms with Gasteiger partial charge in [-0.2, -0.15) is 10.5 Å². The van der Waals surface area contributed by atoms with Crippen LogP contribution in [0.15, 0.2) is 24.3 Å². The molecule has 0 aliphatic heterocycles. The van der Waals surface area contributed by atoms with Gasteiger partial charge in [-0.15, -0.1) is 11.6 Å². The molecule has 1 rings (SSSR count). The van der Waals surface area contributed by atoms with Gasteiger partial charge in [-0.25, -0.2) is 0 Å². The number of alkyl halides is 1. The van der Waals surface area contributed by atoms with Crippen LogP contribution in [-0.4, -0.2) is 13.1 Å². The average Bonchev–Trinajstić information content (AvgIpc) is 2.29. The molecular weight excluding hydrogens is 210 g/mol. The van der Waals surface area contributed by atoms with Crippen LogP contribution in [0.4, 0.5) is 5.69 Å². The Morgan fingerprint density at radius 2 is 1.73 bits per heavy atom. The van der Waals surface area contributed by atoms with E-state index in [9.17, 15) is 0 Å². The second-order valence-corrected chi connectivity index (χ2v) is 3.20. The van der Waals surface area contributed by atoms with Gasteiger partial charge in [0.05, 0.1) is 12.1 Å². The third kappa shape index (κ3) is 2.87. The van der Waals surface area contributed by atoms with Crippen LogP contribution in [-0.2, 0) is 5.88 Å². The zero-order valence-corrected chi connectivity index (χ0v) is 8.91. The third-order valence-corrected chi connectivity index (χ3v) is 2.29. The van der Waals surface area contributed by atoms with E-state index in [1.54, 1.807) is 4.90 Å². The maximum absolute atomic E-state index is 8.65. The normalized spacial score (nSPS) is 9.00. The fourth-order valence-corrected chi connectivity index (χ4v) is 1.56. The Morgan fingerprint density at radius 3 is 2.27 bits per heavy atom. The van der Waals surface area contributed by atoms with Crippen molar-refractivity contribution in [1.82, 2.24) is 0 Å². The SMILES string of the molecule is N#CCN(CC#N)c1ccccc1CCl. The molecule has 0 radical (unpaired) electrons. The van der Waals surface area contributed by atoms with E-state index in [2.05, 4.69) is 0 Å². The predicted molar refractivity (Wildman–Crippen MR) is 59.4 cm³/mol. The van der Waals surface area contributed by atoms with Crippen molar-refractivity contribution in [3.05, 3.63) is 29.8 Å². The number of halogens is 1. The Hall–Kier alpha value is -1.71. The van der Waals surface area contributed by atoms with E-state index in [0.717, 1.165) is 11.3 Å². The zero-order valence-electron chi connectivity index (χ0n) is 8.15. The van der Waals surface area contributed by atoms with Crippen molar-refractivity contribution >= 4 is 17.3 Å². The lowest BCUT2D eigenvalue weighted by atomic mass is 10.2. The Kier molecular flexibility index (Phi) is 4.47. The summed E-state index contributed by atoms with van der Waals surface area (Å²) in [4.78, 5) is 1.71. The van der Waals surface area contributed by atoms with E-state index in [4.69, 9.17) is 22.1 Å². The van der Waals surface area contributed by atoms with Crippen LogP contribution in [0.2, 0.25) is 0 Å². The van der Waals surface area contributed by atoms with Crippen LogP contribution >= 0.6 is 11.6 Å². The number of hydrogen-bond donors (Lipinski definition) is 0. The van der Waals surface area contributed by atoms with Gasteiger partial charge in [0.15, 0.2) is 0 Å². The number of anilines is 1. The highest BCUT2D eigenvalue weighted by Crippen LogP contribution is 2.21. The largest absolute Gasteiger partial charge is 0.345 e. The highest BCUT2D eigenvalue weighted by atomic mass is 35.5. The van der Waals surface area contributed by atoms with Crippen molar-refractivity contribution in [3.63, 3.8) is 0 Å². The summed E-state index contributed by atoms with van der Waals surface area (Å²) in [6.07, 6.45) is 0. The molecule has 0 saturated heterocycles. The third-order valence-electron chi connectivity index (χ3n) is 2.00. The quantitative estimate of drug-likeness (QED) is 0.577. The van der Waals surface area contributed by atoms with E-state index >= 15 is 0 Å². The average molecular weight is 220 g/mol. The molecule has 0 bridgehead atoms. The molecule has 0 fully saturated rings. The maximum Gasteiger partial charge on any atom is 0.106 e. The number of benzene rings is 1. The van der Waals surface area contributed by atoms with E-state index in [-0.39, 0.29) is 13.1 Å². The van der Waals surface area contributed by atoms with E-state index in [1.165, 1.54) is 0 Å². The topological polar surface area (TPSA) is 50.8 Å². The zero-order chi connectivity index (χ0) is 11.1. The molecule has 1 aromatic carbocycles. The fourth-order valence-electron chi connectivity index (χ4n) is 1.33. The van der Waals surface area contributed by atoms with Crippen LogP contribution in [0.3, 0.4) is 0 Å². The lowest BCUT2D eigenvalue weighted by Gasteiger charge is -2.20. The molecule has 0 aromatic heterocycles. The van der Waals surface area contributed by atoms with E-state index < -0.39 is 0 Å². The van der Waals surface area contributed by atoms with Crippen LogP contribution in [0, 0.1) is 22.7 Å². The van der Waals surface area contributed by atoms with Crippen molar-refractivity contribution < 1.29 is 0 Å². The van der Waals surface area contributed by atoms with Crippen molar-refractivity contribution in [2.45, 2.75) is 5.88 Å². The van der Waals surface area contributed by atoms with E-state index in [1.807, 2.05) is 36.4 Å². The molecule has 0 saturated carbocycles. The first kappa shape index (κ1) is 11.4. The highest BCUT2D eigenvalue weighted by molar-refractivity contribution is 6.17. The fraction of sp³-hybridized carbons (Fsp3) is 0.273. The van der Waals surface area contributed by atoms with Crippen LogP contribution in [0.5, 0.6) is 0 Å². The molecule has 0 amide bonds. The molecular formula is C11H10ClN3. The lowest BCUT2D eigenvalue weighted by molar-refractivity contribution is 0.957. The van der Waals surface area contributed by atoms with Crippen molar-refractivity contribution in [2.75, 3.05) is 18.0 Å². The smallest absolute Gasteiger partial charge is 0.106 e. The molecule has 0 N–H and O–H groups in total. The molecule has 76 valence electrons. The predicted octanol–water partition coefficient (Wildman–Crippen LogP) is 2.28. The molecule has 0 heterocycles. The summed E-state index contributed by atoms with van der Waals surface area (Å²) in [5.74, 6) is 0.379. The Balaban J connectivity index is 3.00. The molecule has 3 nitrogen and oxygen atoms in total. The summed E-state index contributed by atoms with van der Waals surface area (Å²) >= 11 is 5.78. The second kappa shape index (κ2) is 5.90. The van der Waals surface area contributed by atoms with Crippen LogP contribution in [0.1, 0.15) is 5.56 Å². The molecule has 4 heteroatoms. The van der Waals surface area contributed by atoms with Crippen LogP contribution in [0.25, 0.3) is 0 Å². The second-order valence-electron chi connectivity index (χ2n) is 2.93. The summed E-state index contributed by atoms with van der Waals surface area (Å²) in [6.45, 7) is 0.392.